The van der Waals surface area contributed by atoms with Crippen molar-refractivity contribution in [2.24, 2.45) is 0 Å². The van der Waals surface area contributed by atoms with Gasteiger partial charge in [-0.2, -0.15) is 0 Å². The maximum absolute atomic E-state index is 12.0. The molecular weight excluding hydrogens is 298 g/mol. The van der Waals surface area contributed by atoms with E-state index in [0.717, 1.165) is 22.6 Å². The normalized spacial score (nSPS) is 10.9. The molecule has 1 aromatic carbocycles. The standard InChI is InChI=1S/C14H17N7O2/c1-20(14(22)8-21-9-15-18-19-21)6-5-13-16-11-4-3-10(23-2)7-12(11)17-13/h3-4,7,9H,5-6,8H2,1-2H3,(H,16,17). The number of hydrogen-bond acceptors (Lipinski definition) is 6. The summed E-state index contributed by atoms with van der Waals surface area (Å²) >= 11 is 0. The summed E-state index contributed by atoms with van der Waals surface area (Å²) in [5, 5.41) is 10.7. The van der Waals surface area contributed by atoms with Gasteiger partial charge in [-0.1, -0.05) is 0 Å². The van der Waals surface area contributed by atoms with Crippen LogP contribution >= 0.6 is 0 Å². The van der Waals surface area contributed by atoms with Crippen molar-refractivity contribution in [3.8, 4) is 5.75 Å². The summed E-state index contributed by atoms with van der Waals surface area (Å²) in [5.74, 6) is 1.55. The lowest BCUT2D eigenvalue weighted by Crippen LogP contribution is -2.32. The largest absolute Gasteiger partial charge is 0.497 e. The number of rotatable bonds is 6. The van der Waals surface area contributed by atoms with Crippen molar-refractivity contribution in [3.63, 3.8) is 0 Å². The van der Waals surface area contributed by atoms with Gasteiger partial charge >= 0.3 is 0 Å². The molecule has 0 bridgehead atoms. The number of tetrazole rings is 1. The number of methoxy groups -OCH3 is 1. The lowest BCUT2D eigenvalue weighted by Gasteiger charge is -2.15. The number of ether oxygens (including phenoxy) is 1. The van der Waals surface area contributed by atoms with Gasteiger partial charge in [-0.05, 0) is 22.6 Å². The van der Waals surface area contributed by atoms with Crippen LogP contribution in [0, 0.1) is 0 Å². The monoisotopic (exact) mass is 315 g/mol. The van der Waals surface area contributed by atoms with Crippen molar-refractivity contribution < 1.29 is 9.53 Å². The Kier molecular flexibility index (Phi) is 4.18. The minimum Gasteiger partial charge on any atom is -0.497 e. The molecule has 1 N–H and O–H groups in total. The van der Waals surface area contributed by atoms with Crippen LogP contribution in [-0.4, -0.2) is 61.7 Å². The topological polar surface area (TPSA) is 102 Å². The number of aromatic amines is 1. The van der Waals surface area contributed by atoms with Gasteiger partial charge in [-0.15, -0.1) is 5.10 Å². The van der Waals surface area contributed by atoms with Crippen LogP contribution < -0.4 is 4.74 Å². The van der Waals surface area contributed by atoms with Crippen molar-refractivity contribution in [2.75, 3.05) is 20.7 Å². The molecule has 2 heterocycles. The zero-order valence-electron chi connectivity index (χ0n) is 12.9. The Labute approximate surface area is 132 Å². The van der Waals surface area contributed by atoms with E-state index in [1.807, 2.05) is 18.2 Å². The summed E-state index contributed by atoms with van der Waals surface area (Å²) in [5.41, 5.74) is 1.80. The van der Waals surface area contributed by atoms with E-state index < -0.39 is 0 Å². The van der Waals surface area contributed by atoms with E-state index in [9.17, 15) is 4.79 Å². The van der Waals surface area contributed by atoms with Crippen molar-refractivity contribution >= 4 is 16.9 Å². The maximum atomic E-state index is 12.0. The van der Waals surface area contributed by atoms with Crippen LogP contribution in [0.1, 0.15) is 5.82 Å². The van der Waals surface area contributed by atoms with Crippen LogP contribution in [0.3, 0.4) is 0 Å². The number of H-pyrrole nitrogens is 1. The molecule has 1 amide bonds. The van der Waals surface area contributed by atoms with E-state index in [-0.39, 0.29) is 12.5 Å². The Balaban J connectivity index is 1.60. The third-order valence-corrected chi connectivity index (χ3v) is 3.54. The minimum absolute atomic E-state index is 0.0601. The summed E-state index contributed by atoms with van der Waals surface area (Å²) in [7, 11) is 3.38. The molecule has 0 radical (unpaired) electrons. The Morgan fingerprint density at radius 3 is 3.04 bits per heavy atom. The number of nitrogens with one attached hydrogen (secondary N) is 1. The number of carbonyl (C=O) groups is 1. The first-order valence-electron chi connectivity index (χ1n) is 7.13. The van der Waals surface area contributed by atoms with Crippen LogP contribution in [0.5, 0.6) is 5.75 Å². The highest BCUT2D eigenvalue weighted by Crippen LogP contribution is 2.18. The average Bonchev–Trinajstić information content (AvgIpc) is 3.20. The van der Waals surface area contributed by atoms with E-state index in [4.69, 9.17) is 4.74 Å². The van der Waals surface area contributed by atoms with E-state index in [2.05, 4.69) is 25.5 Å². The van der Waals surface area contributed by atoms with Gasteiger partial charge < -0.3 is 14.6 Å². The lowest BCUT2D eigenvalue weighted by molar-refractivity contribution is -0.130. The van der Waals surface area contributed by atoms with Gasteiger partial charge in [0.25, 0.3) is 0 Å². The van der Waals surface area contributed by atoms with Crippen LogP contribution in [0.2, 0.25) is 0 Å². The van der Waals surface area contributed by atoms with E-state index in [1.165, 1.54) is 11.0 Å². The summed E-state index contributed by atoms with van der Waals surface area (Å²) in [6, 6.07) is 5.67. The van der Waals surface area contributed by atoms with E-state index in [0.29, 0.717) is 13.0 Å². The van der Waals surface area contributed by atoms with Gasteiger partial charge in [0.1, 0.15) is 24.4 Å². The molecule has 0 unspecified atom stereocenters. The Morgan fingerprint density at radius 1 is 1.43 bits per heavy atom. The molecule has 0 aliphatic heterocycles. The third kappa shape index (κ3) is 3.44. The molecule has 9 heteroatoms. The highest BCUT2D eigenvalue weighted by Gasteiger charge is 2.11. The number of imidazole rings is 1. The Hall–Kier alpha value is -2.97. The number of benzene rings is 1. The highest BCUT2D eigenvalue weighted by atomic mass is 16.5. The number of amides is 1. The molecule has 0 aliphatic rings. The van der Waals surface area contributed by atoms with Crippen molar-refractivity contribution in [1.82, 2.24) is 35.1 Å². The highest BCUT2D eigenvalue weighted by molar-refractivity contribution is 5.77. The SMILES string of the molecule is COc1ccc2nc(CCN(C)C(=O)Cn3cnnn3)[nH]c2c1. The number of aromatic nitrogens is 6. The smallest absolute Gasteiger partial charge is 0.244 e. The Bertz CT molecular complexity index is 797. The first-order chi connectivity index (χ1) is 11.2. The first kappa shape index (κ1) is 14.9. The molecule has 2 aromatic heterocycles. The second-order valence-corrected chi connectivity index (χ2v) is 5.14. The van der Waals surface area contributed by atoms with Crippen LogP contribution in [0.15, 0.2) is 24.5 Å². The van der Waals surface area contributed by atoms with Crippen molar-refractivity contribution in [1.29, 1.82) is 0 Å². The zero-order valence-corrected chi connectivity index (χ0v) is 12.9. The fraction of sp³-hybridized carbons (Fsp3) is 0.357. The summed E-state index contributed by atoms with van der Waals surface area (Å²) in [6.45, 7) is 0.679. The quantitative estimate of drug-likeness (QED) is 0.700. The average molecular weight is 315 g/mol. The second kappa shape index (κ2) is 6.42. The molecule has 9 nitrogen and oxygen atoms in total. The molecule has 3 aromatic rings. The number of fused-ring (bicyclic) bond motifs is 1. The lowest BCUT2D eigenvalue weighted by atomic mass is 10.3. The number of nitrogens with zero attached hydrogens (tertiary/aromatic N) is 6. The second-order valence-electron chi connectivity index (χ2n) is 5.14. The number of hydrogen-bond donors (Lipinski definition) is 1. The van der Waals surface area contributed by atoms with Crippen LogP contribution in [0.4, 0.5) is 0 Å². The third-order valence-electron chi connectivity index (χ3n) is 3.54. The van der Waals surface area contributed by atoms with Crippen LogP contribution in [-0.2, 0) is 17.8 Å². The van der Waals surface area contributed by atoms with Gasteiger partial charge in [0.05, 0.1) is 18.1 Å². The predicted molar refractivity (Wildman–Crippen MR) is 81.8 cm³/mol. The molecule has 0 saturated carbocycles. The molecule has 23 heavy (non-hydrogen) atoms. The Morgan fingerprint density at radius 2 is 2.30 bits per heavy atom. The molecular formula is C14H17N7O2. The summed E-state index contributed by atoms with van der Waals surface area (Å²) in [4.78, 5) is 21.4. The van der Waals surface area contributed by atoms with Gasteiger partial charge in [0.15, 0.2) is 0 Å². The molecule has 0 aliphatic carbocycles. The molecule has 0 fully saturated rings. The maximum Gasteiger partial charge on any atom is 0.244 e. The van der Waals surface area contributed by atoms with Crippen LogP contribution in [0.25, 0.3) is 11.0 Å². The van der Waals surface area contributed by atoms with E-state index >= 15 is 0 Å². The molecule has 0 spiro atoms. The molecule has 0 saturated heterocycles. The first-order valence-corrected chi connectivity index (χ1v) is 7.13. The summed E-state index contributed by atoms with van der Waals surface area (Å²) < 4.78 is 6.59. The van der Waals surface area contributed by atoms with E-state index in [1.54, 1.807) is 19.1 Å². The molecule has 3 rings (SSSR count). The van der Waals surface area contributed by atoms with Gasteiger partial charge in [0.2, 0.25) is 5.91 Å². The number of carbonyl (C=O) groups excluding carboxylic acids is 1. The number of likely N-dealkylation sites (N-methyl/N-ethyl adjacent to an activating group) is 1. The molecule has 0 atom stereocenters. The minimum atomic E-state index is -0.0601. The van der Waals surface area contributed by atoms with Gasteiger partial charge in [-0.25, -0.2) is 9.67 Å². The molecule has 120 valence electrons. The van der Waals surface area contributed by atoms with Crippen molar-refractivity contribution in [2.45, 2.75) is 13.0 Å². The fourth-order valence-corrected chi connectivity index (χ4v) is 2.20. The van der Waals surface area contributed by atoms with Crippen molar-refractivity contribution in [3.05, 3.63) is 30.4 Å². The summed E-state index contributed by atoms with van der Waals surface area (Å²) in [6.07, 6.45) is 2.05. The van der Waals surface area contributed by atoms with Gasteiger partial charge in [-0.3, -0.25) is 4.79 Å². The predicted octanol–water partition coefficient (Wildman–Crippen LogP) is 0.259. The fourth-order valence-electron chi connectivity index (χ4n) is 2.20. The zero-order chi connectivity index (χ0) is 16.2. The van der Waals surface area contributed by atoms with Gasteiger partial charge in [0, 0.05) is 26.1 Å².